The van der Waals surface area contributed by atoms with Gasteiger partial charge in [-0.1, -0.05) is 19.1 Å². The minimum absolute atomic E-state index is 0.0507. The van der Waals surface area contributed by atoms with Crippen molar-refractivity contribution < 1.29 is 9.53 Å². The van der Waals surface area contributed by atoms with Crippen molar-refractivity contribution >= 4 is 17.6 Å². The topological polar surface area (TPSA) is 74.8 Å². The highest BCUT2D eigenvalue weighted by Crippen LogP contribution is 2.13. The van der Waals surface area contributed by atoms with E-state index in [9.17, 15) is 4.79 Å². The number of carbonyl (C=O) groups excluding carboxylic acids is 1. The monoisotopic (exact) mass is 346 g/mol. The normalized spacial score (nSPS) is 17.4. The summed E-state index contributed by atoms with van der Waals surface area (Å²) in [6, 6.07) is 7.84. The summed E-state index contributed by atoms with van der Waals surface area (Å²) in [7, 11) is 0. The van der Waals surface area contributed by atoms with Gasteiger partial charge in [-0.15, -0.1) is 0 Å². The lowest BCUT2D eigenvalue weighted by Gasteiger charge is -2.15. The Balaban J connectivity index is 1.90. The van der Waals surface area contributed by atoms with Gasteiger partial charge in [0.05, 0.1) is 12.6 Å². The van der Waals surface area contributed by atoms with Gasteiger partial charge in [-0.3, -0.25) is 4.79 Å². The molecule has 1 atom stereocenters. The van der Waals surface area contributed by atoms with Crippen molar-refractivity contribution in [3.63, 3.8) is 0 Å². The predicted octanol–water partition coefficient (Wildman–Crippen LogP) is 2.66. The molecule has 6 heteroatoms. The van der Waals surface area contributed by atoms with Gasteiger partial charge in [0, 0.05) is 31.8 Å². The summed E-state index contributed by atoms with van der Waals surface area (Å²) in [4.78, 5) is 16.3. The summed E-state index contributed by atoms with van der Waals surface area (Å²) in [5.41, 5.74) is 1.88. The second kappa shape index (κ2) is 10.7. The Hall–Kier alpha value is -2.08. The Labute approximate surface area is 150 Å². The summed E-state index contributed by atoms with van der Waals surface area (Å²) in [6.45, 7) is 7.04. The molecule has 0 saturated carbocycles. The van der Waals surface area contributed by atoms with Crippen molar-refractivity contribution in [2.45, 2.75) is 52.2 Å². The number of nitrogens with one attached hydrogen (secondary N) is 3. The van der Waals surface area contributed by atoms with Crippen LogP contribution in [-0.2, 0) is 16.1 Å². The van der Waals surface area contributed by atoms with Crippen LogP contribution in [0.2, 0.25) is 0 Å². The number of anilines is 1. The number of ether oxygens (including phenoxy) is 1. The Morgan fingerprint density at radius 2 is 2.20 bits per heavy atom. The number of nitrogens with zero attached hydrogens (tertiary/aromatic N) is 1. The molecule has 3 N–H and O–H groups in total. The molecular formula is C19H30N4O2. The first-order valence-corrected chi connectivity index (χ1v) is 9.23. The van der Waals surface area contributed by atoms with Crippen molar-refractivity contribution in [2.75, 3.05) is 25.0 Å². The predicted molar refractivity (Wildman–Crippen MR) is 102 cm³/mol. The van der Waals surface area contributed by atoms with Gasteiger partial charge >= 0.3 is 0 Å². The van der Waals surface area contributed by atoms with E-state index in [4.69, 9.17) is 4.74 Å². The van der Waals surface area contributed by atoms with E-state index in [1.54, 1.807) is 0 Å². The van der Waals surface area contributed by atoms with Crippen molar-refractivity contribution in [3.05, 3.63) is 29.8 Å². The first-order valence-electron chi connectivity index (χ1n) is 9.23. The number of benzene rings is 1. The maximum atomic E-state index is 11.7. The SMILES string of the molecule is CCCC(=O)Nc1cccc(CN=C(NCC)NCC2CCCO2)c1. The molecular weight excluding hydrogens is 316 g/mol. The average Bonchev–Trinajstić information content (AvgIpc) is 3.11. The lowest BCUT2D eigenvalue weighted by molar-refractivity contribution is -0.116. The fraction of sp³-hybridized carbons (Fsp3) is 0.579. The largest absolute Gasteiger partial charge is 0.376 e. The molecule has 1 saturated heterocycles. The van der Waals surface area contributed by atoms with Gasteiger partial charge < -0.3 is 20.7 Å². The molecule has 1 amide bonds. The number of rotatable bonds is 8. The summed E-state index contributed by atoms with van der Waals surface area (Å²) in [6.07, 6.45) is 3.90. The maximum absolute atomic E-state index is 11.7. The van der Waals surface area contributed by atoms with Crippen LogP contribution in [0, 0.1) is 0 Å². The number of hydrogen-bond acceptors (Lipinski definition) is 3. The molecule has 1 aromatic rings. The van der Waals surface area contributed by atoms with Gasteiger partial charge in [0.1, 0.15) is 0 Å². The molecule has 1 aliphatic heterocycles. The van der Waals surface area contributed by atoms with Crippen molar-refractivity contribution in [2.24, 2.45) is 4.99 Å². The minimum Gasteiger partial charge on any atom is -0.376 e. The van der Waals surface area contributed by atoms with Crippen LogP contribution in [-0.4, -0.2) is 37.7 Å². The van der Waals surface area contributed by atoms with Gasteiger partial charge in [0.25, 0.3) is 0 Å². The molecule has 6 nitrogen and oxygen atoms in total. The van der Waals surface area contributed by atoms with E-state index in [2.05, 4.69) is 20.9 Å². The van der Waals surface area contributed by atoms with Crippen LogP contribution in [0.4, 0.5) is 5.69 Å². The quantitative estimate of drug-likeness (QED) is 0.500. The number of guanidine groups is 1. The van der Waals surface area contributed by atoms with E-state index in [0.29, 0.717) is 13.0 Å². The van der Waals surface area contributed by atoms with Gasteiger partial charge in [0.15, 0.2) is 5.96 Å². The summed E-state index contributed by atoms with van der Waals surface area (Å²) >= 11 is 0. The number of carbonyl (C=O) groups is 1. The van der Waals surface area contributed by atoms with Crippen LogP contribution >= 0.6 is 0 Å². The van der Waals surface area contributed by atoms with Crippen molar-refractivity contribution in [1.29, 1.82) is 0 Å². The molecule has 1 fully saturated rings. The zero-order valence-corrected chi connectivity index (χ0v) is 15.3. The first-order chi connectivity index (χ1) is 12.2. The van der Waals surface area contributed by atoms with Crippen LogP contribution in [0.5, 0.6) is 0 Å². The maximum Gasteiger partial charge on any atom is 0.224 e. The number of hydrogen-bond donors (Lipinski definition) is 3. The highest BCUT2D eigenvalue weighted by atomic mass is 16.5. The lowest BCUT2D eigenvalue weighted by Crippen LogP contribution is -2.41. The minimum atomic E-state index is 0.0507. The van der Waals surface area contributed by atoms with E-state index in [1.807, 2.05) is 38.1 Å². The summed E-state index contributed by atoms with van der Waals surface area (Å²) < 4.78 is 5.63. The molecule has 25 heavy (non-hydrogen) atoms. The van der Waals surface area contributed by atoms with Crippen molar-refractivity contribution in [1.82, 2.24) is 10.6 Å². The van der Waals surface area contributed by atoms with Gasteiger partial charge in [-0.25, -0.2) is 4.99 Å². The molecule has 1 aromatic carbocycles. The number of amides is 1. The Kier molecular flexibility index (Phi) is 8.25. The van der Waals surface area contributed by atoms with Gasteiger partial charge in [-0.05, 0) is 43.9 Å². The third-order valence-corrected chi connectivity index (χ3v) is 3.97. The fourth-order valence-electron chi connectivity index (χ4n) is 2.73. The second-order valence-corrected chi connectivity index (χ2v) is 6.21. The molecule has 0 aromatic heterocycles. The summed E-state index contributed by atoms with van der Waals surface area (Å²) in [5, 5.41) is 9.52. The molecule has 0 spiro atoms. The van der Waals surface area contributed by atoms with Crippen LogP contribution in [0.3, 0.4) is 0 Å². The number of aliphatic imine (C=N–C) groups is 1. The van der Waals surface area contributed by atoms with E-state index in [-0.39, 0.29) is 12.0 Å². The van der Waals surface area contributed by atoms with Gasteiger partial charge in [-0.2, -0.15) is 0 Å². The zero-order valence-electron chi connectivity index (χ0n) is 15.3. The van der Waals surface area contributed by atoms with Gasteiger partial charge in [0.2, 0.25) is 5.91 Å². The highest BCUT2D eigenvalue weighted by molar-refractivity contribution is 5.90. The van der Waals surface area contributed by atoms with Crippen LogP contribution in [0.25, 0.3) is 0 Å². The van der Waals surface area contributed by atoms with Crippen LogP contribution in [0.15, 0.2) is 29.3 Å². The standard InChI is InChI=1S/C19H30N4O2/c1-3-7-18(24)23-16-9-5-8-15(12-16)13-21-19(20-4-2)22-14-17-10-6-11-25-17/h5,8-9,12,17H,3-4,6-7,10-11,13-14H2,1-2H3,(H,23,24)(H2,20,21,22). The van der Waals surface area contributed by atoms with Crippen molar-refractivity contribution in [3.8, 4) is 0 Å². The third kappa shape index (κ3) is 7.13. The molecule has 1 unspecified atom stereocenters. The fourth-order valence-corrected chi connectivity index (χ4v) is 2.73. The molecule has 2 rings (SSSR count). The average molecular weight is 346 g/mol. The lowest BCUT2D eigenvalue weighted by atomic mass is 10.2. The van der Waals surface area contributed by atoms with E-state index >= 15 is 0 Å². The van der Waals surface area contributed by atoms with Crippen LogP contribution < -0.4 is 16.0 Å². The molecule has 0 radical (unpaired) electrons. The highest BCUT2D eigenvalue weighted by Gasteiger charge is 2.15. The Morgan fingerprint density at radius 1 is 1.32 bits per heavy atom. The first kappa shape index (κ1) is 19.2. The van der Waals surface area contributed by atoms with E-state index < -0.39 is 0 Å². The summed E-state index contributed by atoms with van der Waals surface area (Å²) in [5.74, 6) is 0.841. The molecule has 0 aliphatic carbocycles. The smallest absolute Gasteiger partial charge is 0.224 e. The Bertz CT molecular complexity index is 568. The molecule has 138 valence electrons. The molecule has 1 aliphatic rings. The third-order valence-electron chi connectivity index (χ3n) is 3.97. The molecule has 0 bridgehead atoms. The second-order valence-electron chi connectivity index (χ2n) is 6.21. The zero-order chi connectivity index (χ0) is 17.9. The Morgan fingerprint density at radius 3 is 2.92 bits per heavy atom. The van der Waals surface area contributed by atoms with E-state index in [0.717, 1.165) is 56.2 Å². The van der Waals surface area contributed by atoms with Crippen LogP contribution in [0.1, 0.15) is 45.1 Å². The van der Waals surface area contributed by atoms with E-state index in [1.165, 1.54) is 0 Å². The molecule has 1 heterocycles.